The monoisotopic (exact) mass is 270 g/mol. The first kappa shape index (κ1) is 13.4. The van der Waals surface area contributed by atoms with Gasteiger partial charge in [-0.15, -0.1) is 0 Å². The second-order valence-corrected chi connectivity index (χ2v) is 6.52. The predicted molar refractivity (Wildman–Crippen MR) is 79.6 cm³/mol. The van der Waals surface area contributed by atoms with Crippen molar-refractivity contribution in [2.75, 3.05) is 0 Å². The molecule has 1 aromatic carbocycles. The van der Waals surface area contributed by atoms with E-state index >= 15 is 0 Å². The Morgan fingerprint density at radius 2 is 1.90 bits per heavy atom. The number of rotatable bonds is 2. The van der Waals surface area contributed by atoms with Crippen LogP contribution in [0.25, 0.3) is 0 Å². The van der Waals surface area contributed by atoms with E-state index in [1.54, 1.807) is 6.92 Å². The second-order valence-electron chi connectivity index (χ2n) is 6.52. The van der Waals surface area contributed by atoms with Crippen LogP contribution in [0.2, 0.25) is 0 Å². The Labute approximate surface area is 120 Å². The number of carbonyl (C=O) groups is 1. The lowest BCUT2D eigenvalue weighted by Gasteiger charge is -2.41. The Morgan fingerprint density at radius 1 is 1.25 bits per heavy atom. The van der Waals surface area contributed by atoms with E-state index in [0.29, 0.717) is 5.57 Å². The normalized spacial score (nSPS) is 26.5. The van der Waals surface area contributed by atoms with Crippen LogP contribution in [-0.4, -0.2) is 11.6 Å². The number of hydrogen-bond acceptors (Lipinski definition) is 2. The fraction of sp³-hybridized carbons (Fsp3) is 0.500. The zero-order valence-corrected chi connectivity index (χ0v) is 12.4. The van der Waals surface area contributed by atoms with Gasteiger partial charge in [0, 0.05) is 17.4 Å². The van der Waals surface area contributed by atoms with Gasteiger partial charge in [-0.25, -0.2) is 4.79 Å². The van der Waals surface area contributed by atoms with Crippen molar-refractivity contribution in [3.8, 4) is 0 Å². The number of benzene rings is 1. The quantitative estimate of drug-likeness (QED) is 0.601. The molecule has 2 nitrogen and oxygen atoms in total. The number of esters is 1. The number of fused-ring (bicyclic) bond motifs is 2. The molecule has 1 atom stereocenters. The standard InChI is InChI=1S/C18H22O2/c1-13(2)16(19)20-17(3)12-14-8-4-5-9-15(14)18(17)10-6-7-11-18/h4-5,8-9H,1,6-7,10-12H2,2-3H3. The van der Waals surface area contributed by atoms with Crippen molar-refractivity contribution in [1.82, 2.24) is 0 Å². The number of carbonyl (C=O) groups excluding carboxylic acids is 1. The smallest absolute Gasteiger partial charge is 0.333 e. The summed E-state index contributed by atoms with van der Waals surface area (Å²) >= 11 is 0. The van der Waals surface area contributed by atoms with E-state index in [-0.39, 0.29) is 11.4 Å². The van der Waals surface area contributed by atoms with Gasteiger partial charge in [0.2, 0.25) is 0 Å². The summed E-state index contributed by atoms with van der Waals surface area (Å²) in [6, 6.07) is 8.58. The summed E-state index contributed by atoms with van der Waals surface area (Å²) in [6.45, 7) is 7.55. The number of hydrogen-bond donors (Lipinski definition) is 0. The summed E-state index contributed by atoms with van der Waals surface area (Å²) in [5.41, 5.74) is 2.80. The van der Waals surface area contributed by atoms with Gasteiger partial charge < -0.3 is 4.74 Å². The first-order chi connectivity index (χ1) is 9.48. The third kappa shape index (κ3) is 1.74. The van der Waals surface area contributed by atoms with Crippen LogP contribution >= 0.6 is 0 Å². The van der Waals surface area contributed by atoms with Gasteiger partial charge in [-0.3, -0.25) is 0 Å². The minimum atomic E-state index is -0.427. The molecule has 1 fully saturated rings. The maximum absolute atomic E-state index is 12.1. The first-order valence-corrected chi connectivity index (χ1v) is 7.46. The summed E-state index contributed by atoms with van der Waals surface area (Å²) in [5.74, 6) is -0.258. The van der Waals surface area contributed by atoms with E-state index in [1.165, 1.54) is 24.0 Å². The SMILES string of the molecule is C=C(C)C(=O)OC1(C)Cc2ccccc2C12CCCC2. The Balaban J connectivity index is 2.04. The molecule has 0 heterocycles. The lowest BCUT2D eigenvalue weighted by atomic mass is 9.71. The zero-order chi connectivity index (χ0) is 14.4. The van der Waals surface area contributed by atoms with E-state index in [2.05, 4.69) is 37.8 Å². The van der Waals surface area contributed by atoms with Crippen molar-refractivity contribution in [3.05, 3.63) is 47.5 Å². The maximum atomic E-state index is 12.1. The highest BCUT2D eigenvalue weighted by atomic mass is 16.6. The van der Waals surface area contributed by atoms with Crippen molar-refractivity contribution in [3.63, 3.8) is 0 Å². The molecule has 1 spiro atoms. The summed E-state index contributed by atoms with van der Waals surface area (Å²) in [5, 5.41) is 0. The molecule has 2 heteroatoms. The molecule has 0 radical (unpaired) electrons. The van der Waals surface area contributed by atoms with E-state index in [1.807, 2.05) is 0 Å². The molecule has 106 valence electrons. The van der Waals surface area contributed by atoms with Crippen molar-refractivity contribution in [2.45, 2.75) is 57.0 Å². The van der Waals surface area contributed by atoms with Crippen molar-refractivity contribution < 1.29 is 9.53 Å². The molecule has 1 unspecified atom stereocenters. The van der Waals surface area contributed by atoms with Gasteiger partial charge in [-0.1, -0.05) is 43.7 Å². The minimum absolute atomic E-state index is 0.00863. The molecule has 2 aliphatic carbocycles. The van der Waals surface area contributed by atoms with Gasteiger partial charge in [0.1, 0.15) is 5.60 Å². The van der Waals surface area contributed by atoms with Crippen LogP contribution < -0.4 is 0 Å². The Bertz CT molecular complexity index is 567. The average Bonchev–Trinajstić information content (AvgIpc) is 2.97. The molecular weight excluding hydrogens is 248 g/mol. The minimum Gasteiger partial charge on any atom is -0.455 e. The third-order valence-electron chi connectivity index (χ3n) is 5.20. The fourth-order valence-electron chi connectivity index (χ4n) is 4.16. The largest absolute Gasteiger partial charge is 0.455 e. The number of ether oxygens (including phenoxy) is 1. The van der Waals surface area contributed by atoms with Crippen molar-refractivity contribution in [2.24, 2.45) is 0 Å². The Hall–Kier alpha value is -1.57. The molecule has 0 amide bonds. The highest BCUT2D eigenvalue weighted by Gasteiger charge is 2.58. The van der Waals surface area contributed by atoms with Gasteiger partial charge in [0.25, 0.3) is 0 Å². The van der Waals surface area contributed by atoms with Crippen molar-refractivity contribution in [1.29, 1.82) is 0 Å². The van der Waals surface area contributed by atoms with E-state index in [4.69, 9.17) is 4.74 Å². The average molecular weight is 270 g/mol. The molecule has 1 saturated carbocycles. The van der Waals surface area contributed by atoms with Crippen LogP contribution in [0.4, 0.5) is 0 Å². The molecule has 0 aromatic heterocycles. The second kappa shape index (κ2) is 4.47. The predicted octanol–water partition coefficient (Wildman–Crippen LogP) is 3.93. The molecule has 1 aromatic rings. The molecule has 0 bridgehead atoms. The summed E-state index contributed by atoms with van der Waals surface area (Å²) in [4.78, 5) is 12.1. The molecule has 2 aliphatic rings. The lowest BCUT2D eigenvalue weighted by Crippen LogP contribution is -2.48. The van der Waals surface area contributed by atoms with Crippen LogP contribution in [0.5, 0.6) is 0 Å². The molecule has 20 heavy (non-hydrogen) atoms. The fourth-order valence-corrected chi connectivity index (χ4v) is 4.16. The Morgan fingerprint density at radius 3 is 2.55 bits per heavy atom. The van der Waals surface area contributed by atoms with Crippen molar-refractivity contribution >= 4 is 5.97 Å². The molecular formula is C18H22O2. The van der Waals surface area contributed by atoms with Crippen LogP contribution in [-0.2, 0) is 21.4 Å². The highest BCUT2D eigenvalue weighted by molar-refractivity contribution is 5.87. The van der Waals surface area contributed by atoms with Gasteiger partial charge in [-0.05, 0) is 37.8 Å². The molecule has 3 rings (SSSR count). The summed E-state index contributed by atoms with van der Waals surface area (Å²) in [6.07, 6.45) is 5.49. The van der Waals surface area contributed by atoms with E-state index < -0.39 is 5.60 Å². The summed E-state index contributed by atoms with van der Waals surface area (Å²) in [7, 11) is 0. The van der Waals surface area contributed by atoms with Gasteiger partial charge in [0.05, 0.1) is 0 Å². The van der Waals surface area contributed by atoms with Gasteiger partial charge >= 0.3 is 5.97 Å². The van der Waals surface area contributed by atoms with Crippen LogP contribution in [0.1, 0.15) is 50.7 Å². The lowest BCUT2D eigenvalue weighted by molar-refractivity contribution is -0.159. The van der Waals surface area contributed by atoms with Crippen LogP contribution in [0.15, 0.2) is 36.4 Å². The van der Waals surface area contributed by atoms with Crippen LogP contribution in [0, 0.1) is 0 Å². The zero-order valence-electron chi connectivity index (χ0n) is 12.4. The van der Waals surface area contributed by atoms with E-state index in [0.717, 1.165) is 19.3 Å². The Kier molecular flexibility index (Phi) is 3.00. The van der Waals surface area contributed by atoms with Gasteiger partial charge in [-0.2, -0.15) is 0 Å². The highest BCUT2D eigenvalue weighted by Crippen LogP contribution is 2.56. The third-order valence-corrected chi connectivity index (χ3v) is 5.20. The van der Waals surface area contributed by atoms with Gasteiger partial charge in [0.15, 0.2) is 0 Å². The summed E-state index contributed by atoms with van der Waals surface area (Å²) < 4.78 is 5.94. The molecule has 0 saturated heterocycles. The first-order valence-electron chi connectivity index (χ1n) is 7.46. The van der Waals surface area contributed by atoms with Crippen LogP contribution in [0.3, 0.4) is 0 Å². The molecule has 0 aliphatic heterocycles. The molecule has 0 N–H and O–H groups in total. The topological polar surface area (TPSA) is 26.3 Å². The maximum Gasteiger partial charge on any atom is 0.333 e. The van der Waals surface area contributed by atoms with E-state index in [9.17, 15) is 4.79 Å².